The van der Waals surface area contributed by atoms with E-state index >= 15 is 0 Å². The molecule has 5 nitrogen and oxygen atoms in total. The maximum absolute atomic E-state index is 12.8. The number of hydrogen-bond acceptors (Lipinski definition) is 6. The molecule has 0 bridgehead atoms. The van der Waals surface area contributed by atoms with E-state index in [1.165, 1.54) is 16.7 Å². The van der Waals surface area contributed by atoms with Gasteiger partial charge in [-0.05, 0) is 58.8 Å². The van der Waals surface area contributed by atoms with Crippen LogP contribution in [0.2, 0.25) is 0 Å². The van der Waals surface area contributed by atoms with E-state index in [2.05, 4.69) is 15.9 Å². The van der Waals surface area contributed by atoms with Crippen LogP contribution in [0.4, 0.5) is 5.69 Å². The third-order valence-electron chi connectivity index (χ3n) is 3.71. The second kappa shape index (κ2) is 9.36. The Kier molecular flexibility index (Phi) is 6.88. The summed E-state index contributed by atoms with van der Waals surface area (Å²) in [7, 11) is 0. The van der Waals surface area contributed by atoms with Gasteiger partial charge >= 0.3 is 5.97 Å². The number of halogens is 1. The first-order chi connectivity index (χ1) is 13.5. The summed E-state index contributed by atoms with van der Waals surface area (Å²) >= 11 is 10.1. The number of para-hydroxylation sites is 1. The van der Waals surface area contributed by atoms with Crippen LogP contribution in [0.5, 0.6) is 5.75 Å². The van der Waals surface area contributed by atoms with Crippen LogP contribution in [-0.4, -0.2) is 29.4 Å². The summed E-state index contributed by atoms with van der Waals surface area (Å²) in [5, 5.41) is 0. The largest absolute Gasteiger partial charge is 0.481 e. The SMILES string of the molecule is CCOC(=O)COc1ccc(/C=C2/SC(=S)N(c3ccccc3)C2=O)cc1Br. The van der Waals surface area contributed by atoms with Crippen molar-refractivity contribution in [2.45, 2.75) is 6.92 Å². The number of rotatable bonds is 6. The van der Waals surface area contributed by atoms with Gasteiger partial charge in [-0.25, -0.2) is 4.79 Å². The average Bonchev–Trinajstić information content (AvgIpc) is 2.95. The summed E-state index contributed by atoms with van der Waals surface area (Å²) in [6, 6.07) is 14.7. The molecule has 2 aromatic rings. The van der Waals surface area contributed by atoms with Gasteiger partial charge in [0, 0.05) is 0 Å². The van der Waals surface area contributed by atoms with E-state index in [0.29, 0.717) is 26.1 Å². The van der Waals surface area contributed by atoms with Gasteiger partial charge in [0.15, 0.2) is 10.9 Å². The lowest BCUT2D eigenvalue weighted by Gasteiger charge is -2.13. The quantitative estimate of drug-likeness (QED) is 0.338. The van der Waals surface area contributed by atoms with Crippen molar-refractivity contribution in [1.29, 1.82) is 0 Å². The summed E-state index contributed by atoms with van der Waals surface area (Å²) in [5.41, 5.74) is 1.56. The second-order valence-corrected chi connectivity index (χ2v) is 8.17. The zero-order valence-corrected chi connectivity index (χ0v) is 18.1. The molecule has 1 aliphatic rings. The predicted molar refractivity (Wildman–Crippen MR) is 118 cm³/mol. The summed E-state index contributed by atoms with van der Waals surface area (Å²) < 4.78 is 11.5. The van der Waals surface area contributed by atoms with Gasteiger partial charge in [0.25, 0.3) is 5.91 Å². The molecule has 0 N–H and O–H groups in total. The topological polar surface area (TPSA) is 55.8 Å². The average molecular weight is 478 g/mol. The van der Waals surface area contributed by atoms with Crippen LogP contribution in [-0.2, 0) is 14.3 Å². The van der Waals surface area contributed by atoms with Crippen molar-refractivity contribution in [3.8, 4) is 5.75 Å². The van der Waals surface area contributed by atoms with Crippen molar-refractivity contribution in [2.75, 3.05) is 18.1 Å². The van der Waals surface area contributed by atoms with E-state index in [9.17, 15) is 9.59 Å². The van der Waals surface area contributed by atoms with Crippen LogP contribution >= 0.6 is 39.9 Å². The van der Waals surface area contributed by atoms with Crippen molar-refractivity contribution >= 4 is 67.9 Å². The number of nitrogens with zero attached hydrogens (tertiary/aromatic N) is 1. The number of ether oxygens (including phenoxy) is 2. The Morgan fingerprint density at radius 3 is 2.68 bits per heavy atom. The molecular formula is C20H16BrNO4S2. The van der Waals surface area contributed by atoms with Gasteiger partial charge < -0.3 is 9.47 Å². The molecule has 0 atom stereocenters. The number of amides is 1. The normalized spacial score (nSPS) is 15.2. The fourth-order valence-electron chi connectivity index (χ4n) is 2.48. The van der Waals surface area contributed by atoms with E-state index in [1.54, 1.807) is 25.1 Å². The zero-order valence-electron chi connectivity index (χ0n) is 14.9. The Hall–Kier alpha value is -2.16. The van der Waals surface area contributed by atoms with Gasteiger partial charge in [-0.2, -0.15) is 0 Å². The number of thioether (sulfide) groups is 1. The Bertz CT molecular complexity index is 946. The Morgan fingerprint density at radius 1 is 1.25 bits per heavy atom. The van der Waals surface area contributed by atoms with E-state index in [4.69, 9.17) is 21.7 Å². The molecule has 3 rings (SSSR count). The molecule has 0 aromatic heterocycles. The lowest BCUT2D eigenvalue weighted by Crippen LogP contribution is -2.27. The van der Waals surface area contributed by atoms with Crippen molar-refractivity contribution in [3.05, 3.63) is 63.5 Å². The molecular weight excluding hydrogens is 462 g/mol. The molecule has 0 aliphatic carbocycles. The van der Waals surface area contributed by atoms with E-state index in [1.807, 2.05) is 36.4 Å². The first kappa shape index (κ1) is 20.6. The molecule has 1 fully saturated rings. The fraction of sp³-hybridized carbons (Fsp3) is 0.150. The number of thiocarbonyl (C=S) groups is 1. The van der Waals surface area contributed by atoms with Gasteiger partial charge in [0.2, 0.25) is 0 Å². The van der Waals surface area contributed by atoms with Crippen LogP contribution in [0.3, 0.4) is 0 Å². The van der Waals surface area contributed by atoms with Crippen molar-refractivity contribution in [1.82, 2.24) is 0 Å². The maximum Gasteiger partial charge on any atom is 0.344 e. The lowest BCUT2D eigenvalue weighted by atomic mass is 10.2. The third kappa shape index (κ3) is 4.81. The van der Waals surface area contributed by atoms with Crippen LogP contribution in [0, 0.1) is 0 Å². The van der Waals surface area contributed by atoms with Gasteiger partial charge in [-0.3, -0.25) is 9.69 Å². The zero-order chi connectivity index (χ0) is 20.1. The molecule has 1 aliphatic heterocycles. The monoisotopic (exact) mass is 477 g/mol. The molecule has 144 valence electrons. The van der Waals surface area contributed by atoms with Crippen LogP contribution in [0.1, 0.15) is 12.5 Å². The first-order valence-electron chi connectivity index (χ1n) is 8.40. The number of carbonyl (C=O) groups excluding carboxylic acids is 2. The van der Waals surface area contributed by atoms with E-state index in [-0.39, 0.29) is 12.5 Å². The van der Waals surface area contributed by atoms with Crippen LogP contribution in [0.25, 0.3) is 6.08 Å². The summed E-state index contributed by atoms with van der Waals surface area (Å²) in [5.74, 6) is -0.0648. The molecule has 1 heterocycles. The van der Waals surface area contributed by atoms with E-state index < -0.39 is 5.97 Å². The van der Waals surface area contributed by atoms with Crippen LogP contribution in [0.15, 0.2) is 57.9 Å². The van der Waals surface area contributed by atoms with Gasteiger partial charge in [0.05, 0.1) is 21.7 Å². The second-order valence-electron chi connectivity index (χ2n) is 5.64. The lowest BCUT2D eigenvalue weighted by molar-refractivity contribution is -0.145. The van der Waals surface area contributed by atoms with Crippen LogP contribution < -0.4 is 9.64 Å². The molecule has 8 heteroatoms. The van der Waals surface area contributed by atoms with Crippen molar-refractivity contribution in [3.63, 3.8) is 0 Å². The minimum Gasteiger partial charge on any atom is -0.481 e. The molecule has 0 unspecified atom stereocenters. The standard InChI is InChI=1S/C20H16BrNO4S2/c1-2-25-18(23)12-26-16-9-8-13(10-15(16)21)11-17-19(24)22(20(27)28-17)14-6-4-3-5-7-14/h3-11H,2,12H2,1H3/b17-11+. The summed E-state index contributed by atoms with van der Waals surface area (Å²) in [6.45, 7) is 1.88. The molecule has 0 spiro atoms. The van der Waals surface area contributed by atoms with Gasteiger partial charge in [-0.15, -0.1) is 0 Å². The minimum absolute atomic E-state index is 0.153. The van der Waals surface area contributed by atoms with Crippen molar-refractivity contribution < 1.29 is 19.1 Å². The Labute approximate surface area is 180 Å². The number of hydrogen-bond donors (Lipinski definition) is 0. The van der Waals surface area contributed by atoms with Gasteiger partial charge in [-0.1, -0.05) is 48.2 Å². The highest BCUT2D eigenvalue weighted by molar-refractivity contribution is 9.10. The Balaban J connectivity index is 1.75. The fourth-order valence-corrected chi connectivity index (χ4v) is 4.29. The highest BCUT2D eigenvalue weighted by Gasteiger charge is 2.33. The highest BCUT2D eigenvalue weighted by atomic mass is 79.9. The number of carbonyl (C=O) groups is 2. The minimum atomic E-state index is -0.428. The molecule has 0 radical (unpaired) electrons. The maximum atomic E-state index is 12.8. The molecule has 2 aromatic carbocycles. The predicted octanol–water partition coefficient (Wildman–Crippen LogP) is 4.80. The van der Waals surface area contributed by atoms with Crippen molar-refractivity contribution in [2.24, 2.45) is 0 Å². The summed E-state index contributed by atoms with van der Waals surface area (Å²) in [6.07, 6.45) is 1.78. The molecule has 0 saturated carbocycles. The molecule has 1 saturated heterocycles. The van der Waals surface area contributed by atoms with E-state index in [0.717, 1.165) is 11.3 Å². The van der Waals surface area contributed by atoms with Gasteiger partial charge in [0.1, 0.15) is 5.75 Å². The number of esters is 1. The number of anilines is 1. The Morgan fingerprint density at radius 2 is 2.00 bits per heavy atom. The first-order valence-corrected chi connectivity index (χ1v) is 10.4. The highest BCUT2D eigenvalue weighted by Crippen LogP contribution is 2.36. The third-order valence-corrected chi connectivity index (χ3v) is 5.63. The number of benzene rings is 2. The smallest absolute Gasteiger partial charge is 0.344 e. The summed E-state index contributed by atoms with van der Waals surface area (Å²) in [4.78, 5) is 26.3. The molecule has 28 heavy (non-hydrogen) atoms. The molecule has 1 amide bonds.